The molecule has 1 aliphatic heterocycles. The number of hydrogen-bond donors (Lipinski definition) is 1. The lowest BCUT2D eigenvalue weighted by molar-refractivity contribution is -0.00803. The lowest BCUT2D eigenvalue weighted by atomic mass is 10.1. The molecule has 1 atom stereocenters. The van der Waals surface area contributed by atoms with Gasteiger partial charge in [0.15, 0.2) is 5.96 Å². The Kier molecular flexibility index (Phi) is 6.99. The second-order valence-corrected chi connectivity index (χ2v) is 7.25. The molecule has 1 aliphatic rings. The van der Waals surface area contributed by atoms with E-state index in [1.165, 1.54) is 0 Å². The van der Waals surface area contributed by atoms with Crippen LogP contribution in [0.2, 0.25) is 10.0 Å². The number of hydrogen-bond acceptors (Lipinski definition) is 3. The van der Waals surface area contributed by atoms with Crippen LogP contribution in [0.4, 0.5) is 0 Å². The molecular weight excluding hydrogens is 385 g/mol. The van der Waals surface area contributed by atoms with E-state index in [1.807, 2.05) is 37.6 Å². The van der Waals surface area contributed by atoms with Crippen LogP contribution in [0.1, 0.15) is 24.2 Å². The molecule has 146 valence electrons. The van der Waals surface area contributed by atoms with E-state index >= 15 is 0 Å². The smallest absolute Gasteiger partial charge is 0.194 e. The summed E-state index contributed by atoms with van der Waals surface area (Å²) < 4.78 is 7.72. The highest BCUT2D eigenvalue weighted by Gasteiger charge is 2.25. The molecule has 0 aliphatic carbocycles. The number of benzene rings is 1. The first-order valence-electron chi connectivity index (χ1n) is 9.14. The van der Waals surface area contributed by atoms with Crippen molar-refractivity contribution in [1.29, 1.82) is 0 Å². The van der Waals surface area contributed by atoms with Gasteiger partial charge in [-0.1, -0.05) is 29.3 Å². The largest absolute Gasteiger partial charge is 0.370 e. The van der Waals surface area contributed by atoms with E-state index < -0.39 is 0 Å². The molecule has 2 heterocycles. The van der Waals surface area contributed by atoms with Crippen molar-refractivity contribution in [2.45, 2.75) is 19.4 Å². The molecule has 0 saturated carbocycles. The highest BCUT2D eigenvalue weighted by atomic mass is 35.5. The zero-order chi connectivity index (χ0) is 19.2. The summed E-state index contributed by atoms with van der Waals surface area (Å²) in [4.78, 5) is 7.02. The fourth-order valence-electron chi connectivity index (χ4n) is 3.12. The monoisotopic (exact) mass is 409 g/mol. The van der Waals surface area contributed by atoms with Crippen LogP contribution in [0.25, 0.3) is 0 Å². The van der Waals surface area contributed by atoms with Crippen molar-refractivity contribution >= 4 is 29.2 Å². The number of halogens is 2. The van der Waals surface area contributed by atoms with E-state index in [9.17, 15) is 0 Å². The van der Waals surface area contributed by atoms with Gasteiger partial charge in [0.2, 0.25) is 0 Å². The molecule has 0 radical (unpaired) electrons. The van der Waals surface area contributed by atoms with Gasteiger partial charge in [-0.15, -0.1) is 0 Å². The van der Waals surface area contributed by atoms with E-state index in [1.54, 1.807) is 4.68 Å². The topological polar surface area (TPSA) is 54.7 Å². The first-order chi connectivity index (χ1) is 13.1. The van der Waals surface area contributed by atoms with E-state index in [-0.39, 0.29) is 6.10 Å². The highest BCUT2D eigenvalue weighted by Crippen LogP contribution is 2.25. The number of nitrogens with one attached hydrogen (secondary N) is 1. The maximum Gasteiger partial charge on any atom is 0.194 e. The van der Waals surface area contributed by atoms with Crippen LogP contribution >= 0.6 is 23.2 Å². The Morgan fingerprint density at radius 1 is 1.37 bits per heavy atom. The summed E-state index contributed by atoms with van der Waals surface area (Å²) in [7, 11) is 1.91. The number of morpholine rings is 1. The predicted molar refractivity (Wildman–Crippen MR) is 110 cm³/mol. The summed E-state index contributed by atoms with van der Waals surface area (Å²) in [5, 5.41) is 9.00. The predicted octanol–water partition coefficient (Wildman–Crippen LogP) is 3.31. The first kappa shape index (κ1) is 20.0. The van der Waals surface area contributed by atoms with Crippen LogP contribution in [0.5, 0.6) is 0 Å². The van der Waals surface area contributed by atoms with Gasteiger partial charge in [0.25, 0.3) is 0 Å². The zero-order valence-corrected chi connectivity index (χ0v) is 17.2. The molecule has 0 bridgehead atoms. The Morgan fingerprint density at radius 2 is 2.15 bits per heavy atom. The third-order valence-corrected chi connectivity index (χ3v) is 5.19. The quantitative estimate of drug-likeness (QED) is 0.607. The second kappa shape index (κ2) is 9.44. The van der Waals surface area contributed by atoms with Gasteiger partial charge in [-0.05, 0) is 31.0 Å². The number of aromatic nitrogens is 2. The minimum atomic E-state index is -0.00526. The first-order valence-corrected chi connectivity index (χ1v) is 9.90. The van der Waals surface area contributed by atoms with Crippen molar-refractivity contribution in [3.8, 4) is 0 Å². The van der Waals surface area contributed by atoms with Crippen LogP contribution < -0.4 is 5.32 Å². The number of aliphatic imine (C=N–C) groups is 1. The Hall–Kier alpha value is -1.76. The molecule has 1 aromatic heterocycles. The minimum Gasteiger partial charge on any atom is -0.370 e. The number of guanidine groups is 1. The Balaban J connectivity index is 1.67. The molecular formula is C19H25Cl2N5O. The SMILES string of the molecule is CCNC(=NCCc1c(Cl)cccc1Cl)N1CCOC(c2cnn(C)c2)C1. The fourth-order valence-corrected chi connectivity index (χ4v) is 3.71. The normalized spacial score (nSPS) is 18.0. The third-order valence-electron chi connectivity index (χ3n) is 4.48. The van der Waals surface area contributed by atoms with Gasteiger partial charge in [0, 0.05) is 48.5 Å². The van der Waals surface area contributed by atoms with E-state index in [0.717, 1.165) is 36.7 Å². The standard InChI is InChI=1S/C19H25Cl2N5O/c1-3-22-19(23-8-7-15-16(20)5-4-6-17(15)21)26-9-10-27-18(13-26)14-11-24-25(2)12-14/h4-6,11-12,18H,3,7-10,13H2,1-2H3,(H,22,23). The van der Waals surface area contributed by atoms with Gasteiger partial charge in [0.05, 0.1) is 19.3 Å². The van der Waals surface area contributed by atoms with Crippen LogP contribution in [0, 0.1) is 0 Å². The van der Waals surface area contributed by atoms with Crippen molar-refractivity contribution < 1.29 is 4.74 Å². The maximum absolute atomic E-state index is 6.26. The maximum atomic E-state index is 6.26. The molecule has 1 saturated heterocycles. The molecule has 1 N–H and O–H groups in total. The summed E-state index contributed by atoms with van der Waals surface area (Å²) in [5.41, 5.74) is 2.02. The van der Waals surface area contributed by atoms with Gasteiger partial charge in [-0.3, -0.25) is 9.67 Å². The van der Waals surface area contributed by atoms with E-state index in [2.05, 4.69) is 22.2 Å². The number of ether oxygens (including phenoxy) is 1. The van der Waals surface area contributed by atoms with Crippen molar-refractivity contribution in [2.75, 3.05) is 32.8 Å². The molecule has 1 unspecified atom stereocenters. The lowest BCUT2D eigenvalue weighted by Gasteiger charge is -2.34. The van der Waals surface area contributed by atoms with E-state index in [4.69, 9.17) is 32.9 Å². The minimum absolute atomic E-state index is 0.00526. The number of rotatable bonds is 5. The van der Waals surface area contributed by atoms with Gasteiger partial charge in [-0.2, -0.15) is 5.10 Å². The molecule has 2 aromatic rings. The van der Waals surface area contributed by atoms with Crippen LogP contribution in [-0.4, -0.2) is 53.4 Å². The summed E-state index contributed by atoms with van der Waals surface area (Å²) in [6, 6.07) is 5.57. The molecule has 6 nitrogen and oxygen atoms in total. The van der Waals surface area contributed by atoms with Gasteiger partial charge >= 0.3 is 0 Å². The van der Waals surface area contributed by atoms with Crippen molar-refractivity contribution in [2.24, 2.45) is 12.0 Å². The summed E-state index contributed by atoms with van der Waals surface area (Å²) >= 11 is 12.5. The lowest BCUT2D eigenvalue weighted by Crippen LogP contribution is -2.48. The molecule has 1 aromatic carbocycles. The van der Waals surface area contributed by atoms with Gasteiger partial charge in [-0.25, -0.2) is 0 Å². The van der Waals surface area contributed by atoms with Gasteiger partial charge < -0.3 is 15.0 Å². The molecule has 3 rings (SSSR count). The Morgan fingerprint density at radius 3 is 2.81 bits per heavy atom. The zero-order valence-electron chi connectivity index (χ0n) is 15.7. The molecule has 8 heteroatoms. The molecule has 0 amide bonds. The third kappa shape index (κ3) is 5.15. The number of nitrogens with zero attached hydrogens (tertiary/aromatic N) is 4. The van der Waals surface area contributed by atoms with Crippen molar-refractivity contribution in [1.82, 2.24) is 20.0 Å². The average molecular weight is 410 g/mol. The Labute approximate surface area is 170 Å². The van der Waals surface area contributed by atoms with Crippen molar-refractivity contribution in [3.63, 3.8) is 0 Å². The second-order valence-electron chi connectivity index (χ2n) is 6.44. The molecule has 27 heavy (non-hydrogen) atoms. The number of aryl methyl sites for hydroxylation is 1. The summed E-state index contributed by atoms with van der Waals surface area (Å²) in [6.07, 6.45) is 4.55. The van der Waals surface area contributed by atoms with Crippen LogP contribution in [-0.2, 0) is 18.2 Å². The van der Waals surface area contributed by atoms with Crippen LogP contribution in [0.15, 0.2) is 35.6 Å². The molecule has 1 fully saturated rings. The average Bonchev–Trinajstić information content (AvgIpc) is 3.10. The summed E-state index contributed by atoms with van der Waals surface area (Å²) in [6.45, 7) is 5.68. The van der Waals surface area contributed by atoms with Gasteiger partial charge in [0.1, 0.15) is 6.10 Å². The van der Waals surface area contributed by atoms with Crippen LogP contribution in [0.3, 0.4) is 0 Å². The highest BCUT2D eigenvalue weighted by molar-refractivity contribution is 6.35. The fraction of sp³-hybridized carbons (Fsp3) is 0.474. The summed E-state index contributed by atoms with van der Waals surface area (Å²) in [5.74, 6) is 0.887. The van der Waals surface area contributed by atoms with Crippen molar-refractivity contribution in [3.05, 3.63) is 51.8 Å². The van der Waals surface area contributed by atoms with E-state index in [0.29, 0.717) is 29.6 Å². The molecule has 0 spiro atoms. The Bertz CT molecular complexity index is 772.